The van der Waals surface area contributed by atoms with Crippen molar-refractivity contribution < 1.29 is 9.18 Å². The second-order valence-corrected chi connectivity index (χ2v) is 5.32. The highest BCUT2D eigenvalue weighted by molar-refractivity contribution is 9.10. The summed E-state index contributed by atoms with van der Waals surface area (Å²) in [5, 5.41) is 2.54. The number of aryl methyl sites for hydroxylation is 1. The number of nitrogens with one attached hydrogen (secondary N) is 1. The number of hydrogen-bond acceptors (Lipinski definition) is 3. The van der Waals surface area contributed by atoms with E-state index in [1.54, 1.807) is 19.9 Å². The number of amides is 1. The average Bonchev–Trinajstić information content (AvgIpc) is 2.41. The molecule has 1 aromatic heterocycles. The summed E-state index contributed by atoms with van der Waals surface area (Å²) in [6, 6.07) is 5.55. The maximum atomic E-state index is 13.0. The number of anilines is 1. The van der Waals surface area contributed by atoms with Crippen LogP contribution in [0, 0.1) is 19.7 Å². The molecule has 2 aromatic rings. The molecule has 1 amide bonds. The van der Waals surface area contributed by atoms with Gasteiger partial charge in [-0.1, -0.05) is 6.07 Å². The second-order valence-electron chi connectivity index (χ2n) is 4.52. The van der Waals surface area contributed by atoms with E-state index in [9.17, 15) is 14.0 Å². The van der Waals surface area contributed by atoms with E-state index in [0.29, 0.717) is 21.5 Å². The van der Waals surface area contributed by atoms with Crippen LogP contribution in [-0.2, 0) is 11.3 Å². The number of rotatable bonds is 3. The zero-order valence-electron chi connectivity index (χ0n) is 11.5. The summed E-state index contributed by atoms with van der Waals surface area (Å²) < 4.78 is 15.0. The third kappa shape index (κ3) is 3.55. The summed E-state index contributed by atoms with van der Waals surface area (Å²) in [5.41, 5.74) is 1.02. The molecule has 0 saturated heterocycles. The Morgan fingerprint density at radius 1 is 1.43 bits per heavy atom. The van der Waals surface area contributed by atoms with E-state index >= 15 is 0 Å². The average molecular weight is 354 g/mol. The van der Waals surface area contributed by atoms with Gasteiger partial charge in [0.1, 0.15) is 12.4 Å². The van der Waals surface area contributed by atoms with Crippen molar-refractivity contribution in [2.24, 2.45) is 0 Å². The van der Waals surface area contributed by atoms with Crippen LogP contribution in [0.4, 0.5) is 10.1 Å². The highest BCUT2D eigenvalue weighted by Crippen LogP contribution is 2.16. The van der Waals surface area contributed by atoms with Gasteiger partial charge in [-0.05, 0) is 48.0 Å². The van der Waals surface area contributed by atoms with Crippen LogP contribution in [0.1, 0.15) is 11.4 Å². The largest absolute Gasteiger partial charge is 0.348 e. The van der Waals surface area contributed by atoms with Gasteiger partial charge in [-0.25, -0.2) is 9.18 Å². The van der Waals surface area contributed by atoms with Crippen molar-refractivity contribution in [3.05, 3.63) is 56.4 Å². The number of benzene rings is 1. The molecule has 0 spiro atoms. The van der Waals surface area contributed by atoms with E-state index in [4.69, 9.17) is 0 Å². The topological polar surface area (TPSA) is 64.0 Å². The minimum atomic E-state index is -0.498. The monoisotopic (exact) mass is 353 g/mol. The zero-order valence-corrected chi connectivity index (χ0v) is 13.1. The Kier molecular flexibility index (Phi) is 4.52. The van der Waals surface area contributed by atoms with Gasteiger partial charge in [0.2, 0.25) is 5.91 Å². The summed E-state index contributed by atoms with van der Waals surface area (Å²) in [6.07, 6.45) is 0. The minimum absolute atomic E-state index is 0.187. The highest BCUT2D eigenvalue weighted by atomic mass is 79.9. The molecule has 0 aliphatic heterocycles. The first-order valence-electron chi connectivity index (χ1n) is 6.17. The first-order chi connectivity index (χ1) is 9.88. The molecule has 5 nitrogen and oxygen atoms in total. The van der Waals surface area contributed by atoms with E-state index in [1.165, 1.54) is 22.8 Å². The predicted octanol–water partition coefficient (Wildman–Crippen LogP) is 2.40. The normalized spacial score (nSPS) is 10.5. The van der Waals surface area contributed by atoms with E-state index in [2.05, 4.69) is 26.2 Å². The fourth-order valence-corrected chi connectivity index (χ4v) is 2.18. The van der Waals surface area contributed by atoms with Crippen LogP contribution >= 0.6 is 15.9 Å². The maximum Gasteiger partial charge on any atom is 0.348 e. The molecule has 0 aliphatic carbocycles. The molecule has 2 rings (SSSR count). The molecular formula is C14H13BrFN3O2. The van der Waals surface area contributed by atoms with Gasteiger partial charge in [0, 0.05) is 11.4 Å². The Bertz CT molecular complexity index is 758. The Hall–Kier alpha value is -2.02. The molecule has 21 heavy (non-hydrogen) atoms. The molecule has 0 unspecified atom stereocenters. The van der Waals surface area contributed by atoms with E-state index in [0.717, 1.165) is 0 Å². The number of carbonyl (C=O) groups excluding carboxylic acids is 1. The van der Waals surface area contributed by atoms with Gasteiger partial charge in [-0.2, -0.15) is 4.98 Å². The van der Waals surface area contributed by atoms with Gasteiger partial charge in [0.15, 0.2) is 0 Å². The summed E-state index contributed by atoms with van der Waals surface area (Å²) in [6.45, 7) is 3.23. The number of hydrogen-bond donors (Lipinski definition) is 1. The predicted molar refractivity (Wildman–Crippen MR) is 80.7 cm³/mol. The van der Waals surface area contributed by atoms with Crippen LogP contribution in [0.3, 0.4) is 0 Å². The van der Waals surface area contributed by atoms with Gasteiger partial charge >= 0.3 is 5.69 Å². The summed E-state index contributed by atoms with van der Waals surface area (Å²) in [7, 11) is 0. The van der Waals surface area contributed by atoms with Crippen molar-refractivity contribution in [2.75, 3.05) is 5.32 Å². The standard InChI is InChI=1S/C14H13BrFN3O2/c1-8-13(15)9(2)19(14(21)17-8)7-12(20)18-11-5-3-4-10(16)6-11/h3-6H,7H2,1-2H3,(H,18,20). The molecule has 110 valence electrons. The molecule has 0 radical (unpaired) electrons. The van der Waals surface area contributed by atoms with Crippen molar-refractivity contribution in [2.45, 2.75) is 20.4 Å². The Labute approximate surface area is 129 Å². The number of halogens is 2. The van der Waals surface area contributed by atoms with Crippen molar-refractivity contribution in [3.8, 4) is 0 Å². The number of aromatic nitrogens is 2. The molecule has 0 atom stereocenters. The Balaban J connectivity index is 2.21. The lowest BCUT2D eigenvalue weighted by molar-refractivity contribution is -0.116. The third-order valence-corrected chi connectivity index (χ3v) is 4.09. The van der Waals surface area contributed by atoms with E-state index in [1.807, 2.05) is 0 Å². The summed E-state index contributed by atoms with van der Waals surface area (Å²) >= 11 is 3.33. The maximum absolute atomic E-state index is 13.0. The molecular weight excluding hydrogens is 341 g/mol. The second kappa shape index (κ2) is 6.17. The molecule has 0 fully saturated rings. The van der Waals surface area contributed by atoms with Crippen molar-refractivity contribution in [1.29, 1.82) is 0 Å². The molecule has 1 N–H and O–H groups in total. The van der Waals surface area contributed by atoms with E-state index < -0.39 is 17.4 Å². The van der Waals surface area contributed by atoms with Crippen LogP contribution in [0.25, 0.3) is 0 Å². The summed E-state index contributed by atoms with van der Waals surface area (Å²) in [4.78, 5) is 27.6. The van der Waals surface area contributed by atoms with Crippen LogP contribution in [-0.4, -0.2) is 15.5 Å². The minimum Gasteiger partial charge on any atom is -0.324 e. The van der Waals surface area contributed by atoms with Crippen molar-refractivity contribution in [3.63, 3.8) is 0 Å². The molecule has 0 bridgehead atoms. The fraction of sp³-hybridized carbons (Fsp3) is 0.214. The Morgan fingerprint density at radius 3 is 2.81 bits per heavy atom. The molecule has 1 heterocycles. The summed E-state index contributed by atoms with van der Waals surface area (Å²) in [5.74, 6) is -0.871. The lowest BCUT2D eigenvalue weighted by Gasteiger charge is -2.12. The number of nitrogens with zero attached hydrogens (tertiary/aromatic N) is 2. The molecule has 0 saturated carbocycles. The van der Waals surface area contributed by atoms with Gasteiger partial charge in [-0.3, -0.25) is 9.36 Å². The van der Waals surface area contributed by atoms with E-state index in [-0.39, 0.29) is 6.54 Å². The van der Waals surface area contributed by atoms with Gasteiger partial charge in [0.25, 0.3) is 0 Å². The van der Waals surface area contributed by atoms with Crippen LogP contribution in [0.5, 0.6) is 0 Å². The lowest BCUT2D eigenvalue weighted by Crippen LogP contribution is -2.31. The van der Waals surface area contributed by atoms with Gasteiger partial charge in [0.05, 0.1) is 10.2 Å². The lowest BCUT2D eigenvalue weighted by atomic mass is 10.3. The zero-order chi connectivity index (χ0) is 15.6. The fourth-order valence-electron chi connectivity index (χ4n) is 1.87. The number of carbonyl (C=O) groups is 1. The third-order valence-electron chi connectivity index (χ3n) is 2.94. The van der Waals surface area contributed by atoms with Gasteiger partial charge in [-0.15, -0.1) is 0 Å². The molecule has 1 aromatic carbocycles. The quantitative estimate of drug-likeness (QED) is 0.921. The van der Waals surface area contributed by atoms with Crippen molar-refractivity contribution in [1.82, 2.24) is 9.55 Å². The smallest absolute Gasteiger partial charge is 0.324 e. The van der Waals surface area contributed by atoms with Crippen LogP contribution in [0.15, 0.2) is 33.5 Å². The first-order valence-corrected chi connectivity index (χ1v) is 6.96. The van der Waals surface area contributed by atoms with Crippen LogP contribution in [0.2, 0.25) is 0 Å². The SMILES string of the molecule is Cc1nc(=O)n(CC(=O)Nc2cccc(F)c2)c(C)c1Br. The van der Waals surface area contributed by atoms with Crippen molar-refractivity contribution >= 4 is 27.5 Å². The van der Waals surface area contributed by atoms with Gasteiger partial charge < -0.3 is 5.32 Å². The van der Waals surface area contributed by atoms with Crippen LogP contribution < -0.4 is 11.0 Å². The molecule has 7 heteroatoms. The molecule has 0 aliphatic rings. The highest BCUT2D eigenvalue weighted by Gasteiger charge is 2.12. The first kappa shape index (κ1) is 15.4. The Morgan fingerprint density at radius 2 is 2.14 bits per heavy atom.